The quantitative estimate of drug-likeness (QED) is 0.630. The first-order valence-electron chi connectivity index (χ1n) is 5.40. The number of carbonyl (C=O) groups excluding carboxylic acids is 1. The highest BCUT2D eigenvalue weighted by atomic mass is 16.2. The third-order valence-corrected chi connectivity index (χ3v) is 3.60. The monoisotopic (exact) mass is 192 g/mol. The van der Waals surface area contributed by atoms with Gasteiger partial charge in [-0.3, -0.25) is 4.79 Å². The van der Waals surface area contributed by atoms with Crippen molar-refractivity contribution in [2.45, 2.75) is 26.2 Å². The third-order valence-electron chi connectivity index (χ3n) is 3.60. The smallest absolute Gasteiger partial charge is 0.239 e. The van der Waals surface area contributed by atoms with Gasteiger partial charge in [-0.1, -0.05) is 6.42 Å². The minimum absolute atomic E-state index is 0.0295. The molecular formula is C11H16N2O. The van der Waals surface area contributed by atoms with Gasteiger partial charge in [-0.05, 0) is 31.6 Å². The van der Waals surface area contributed by atoms with Crippen LogP contribution in [0.2, 0.25) is 0 Å². The molecule has 2 rings (SSSR count). The lowest BCUT2D eigenvalue weighted by Crippen LogP contribution is -2.33. The average molecular weight is 192 g/mol. The van der Waals surface area contributed by atoms with Crippen molar-refractivity contribution >= 4 is 5.91 Å². The summed E-state index contributed by atoms with van der Waals surface area (Å²) in [7, 11) is 0. The lowest BCUT2D eigenvalue weighted by Gasteiger charge is -2.18. The second kappa shape index (κ2) is 3.61. The summed E-state index contributed by atoms with van der Waals surface area (Å²) in [4.78, 5) is 13.6. The van der Waals surface area contributed by atoms with Gasteiger partial charge in [0.05, 0.1) is 6.07 Å². The summed E-state index contributed by atoms with van der Waals surface area (Å²) < 4.78 is 0. The first kappa shape index (κ1) is 9.51. The zero-order chi connectivity index (χ0) is 10.1. The largest absolute Gasteiger partial charge is 0.341 e. The molecule has 0 aromatic carbocycles. The summed E-state index contributed by atoms with van der Waals surface area (Å²) in [5, 5.41) is 8.67. The van der Waals surface area contributed by atoms with Crippen LogP contribution in [-0.2, 0) is 4.79 Å². The summed E-state index contributed by atoms with van der Waals surface area (Å²) in [6.07, 6.45) is 3.87. The van der Waals surface area contributed by atoms with E-state index in [1.807, 2.05) is 11.0 Å². The van der Waals surface area contributed by atoms with Crippen molar-refractivity contribution in [3.05, 3.63) is 0 Å². The Morgan fingerprint density at radius 1 is 1.43 bits per heavy atom. The van der Waals surface area contributed by atoms with E-state index in [0.717, 1.165) is 24.9 Å². The maximum atomic E-state index is 11.7. The topological polar surface area (TPSA) is 44.1 Å². The molecule has 1 saturated heterocycles. The highest BCUT2D eigenvalue weighted by Gasteiger charge is 2.38. The van der Waals surface area contributed by atoms with Crippen LogP contribution in [-0.4, -0.2) is 23.9 Å². The maximum Gasteiger partial charge on any atom is 0.239 e. The van der Waals surface area contributed by atoms with Gasteiger partial charge >= 0.3 is 0 Å². The molecule has 0 spiro atoms. The van der Waals surface area contributed by atoms with E-state index in [-0.39, 0.29) is 5.91 Å². The zero-order valence-electron chi connectivity index (χ0n) is 8.57. The molecule has 1 heterocycles. The Labute approximate surface area is 84.7 Å². The van der Waals surface area contributed by atoms with Crippen LogP contribution < -0.4 is 0 Å². The maximum absolute atomic E-state index is 11.7. The van der Waals surface area contributed by atoms with Crippen LogP contribution in [0, 0.1) is 29.1 Å². The Hall–Kier alpha value is -1.04. The molecule has 0 N–H and O–H groups in total. The van der Waals surface area contributed by atoms with Crippen molar-refractivity contribution in [1.82, 2.24) is 4.90 Å². The second-order valence-electron chi connectivity index (χ2n) is 4.55. The molecule has 14 heavy (non-hydrogen) atoms. The first-order chi connectivity index (χ1) is 6.72. The fourth-order valence-electron chi connectivity index (χ4n) is 2.74. The standard InChI is InChI=1S/C11H16N2O/c1-8(5-12)11(14)13-6-9-3-2-4-10(9)7-13/h8-10H,2-4,6-7H2,1H3. The summed E-state index contributed by atoms with van der Waals surface area (Å²) >= 11 is 0. The fraction of sp³-hybridized carbons (Fsp3) is 0.818. The predicted octanol–water partition coefficient (Wildman–Crippen LogP) is 1.40. The van der Waals surface area contributed by atoms with Gasteiger partial charge in [-0.25, -0.2) is 0 Å². The van der Waals surface area contributed by atoms with Crippen LogP contribution in [0.25, 0.3) is 0 Å². The van der Waals surface area contributed by atoms with E-state index in [9.17, 15) is 4.79 Å². The summed E-state index contributed by atoms with van der Waals surface area (Å²) in [6.45, 7) is 3.49. The Bertz CT molecular complexity index is 270. The Morgan fingerprint density at radius 3 is 2.50 bits per heavy atom. The molecule has 2 fully saturated rings. The Morgan fingerprint density at radius 2 is 2.00 bits per heavy atom. The van der Waals surface area contributed by atoms with Crippen LogP contribution in [0.15, 0.2) is 0 Å². The minimum atomic E-state index is -0.464. The summed E-state index contributed by atoms with van der Waals surface area (Å²) in [5.41, 5.74) is 0. The second-order valence-corrected chi connectivity index (χ2v) is 4.55. The lowest BCUT2D eigenvalue weighted by atomic mass is 10.0. The fourth-order valence-corrected chi connectivity index (χ4v) is 2.74. The lowest BCUT2D eigenvalue weighted by molar-refractivity contribution is -0.132. The van der Waals surface area contributed by atoms with E-state index in [4.69, 9.17) is 5.26 Å². The molecule has 3 atom stereocenters. The van der Waals surface area contributed by atoms with E-state index in [1.165, 1.54) is 19.3 Å². The van der Waals surface area contributed by atoms with Gasteiger partial charge in [0, 0.05) is 13.1 Å². The molecule has 3 heteroatoms. The summed E-state index contributed by atoms with van der Waals surface area (Å²) in [5.74, 6) is 1.02. The molecule has 1 saturated carbocycles. The number of hydrogen-bond acceptors (Lipinski definition) is 2. The molecular weight excluding hydrogens is 176 g/mol. The molecule has 3 nitrogen and oxygen atoms in total. The number of amides is 1. The van der Waals surface area contributed by atoms with Gasteiger partial charge < -0.3 is 4.90 Å². The molecule has 3 unspecified atom stereocenters. The molecule has 0 aromatic heterocycles. The van der Waals surface area contributed by atoms with E-state index in [0.29, 0.717) is 0 Å². The van der Waals surface area contributed by atoms with Crippen molar-refractivity contribution in [2.75, 3.05) is 13.1 Å². The van der Waals surface area contributed by atoms with E-state index >= 15 is 0 Å². The number of nitrogens with zero attached hydrogens (tertiary/aromatic N) is 2. The molecule has 0 bridgehead atoms. The van der Waals surface area contributed by atoms with Gasteiger partial charge in [-0.15, -0.1) is 0 Å². The highest BCUT2D eigenvalue weighted by Crippen LogP contribution is 2.37. The molecule has 2 aliphatic rings. The number of nitriles is 1. The Balaban J connectivity index is 1.96. The molecule has 1 amide bonds. The Kier molecular flexibility index (Phi) is 2.45. The average Bonchev–Trinajstić information content (AvgIpc) is 2.74. The predicted molar refractivity (Wildman–Crippen MR) is 52.2 cm³/mol. The van der Waals surface area contributed by atoms with Crippen molar-refractivity contribution in [1.29, 1.82) is 5.26 Å². The highest BCUT2D eigenvalue weighted by molar-refractivity contribution is 5.81. The SMILES string of the molecule is CC(C#N)C(=O)N1CC2CCCC2C1. The minimum Gasteiger partial charge on any atom is -0.341 e. The van der Waals surface area contributed by atoms with Gasteiger partial charge in [0.2, 0.25) is 5.91 Å². The number of rotatable bonds is 1. The molecule has 0 aromatic rings. The van der Waals surface area contributed by atoms with E-state index in [2.05, 4.69) is 0 Å². The van der Waals surface area contributed by atoms with E-state index in [1.54, 1.807) is 6.92 Å². The van der Waals surface area contributed by atoms with Crippen LogP contribution in [0.4, 0.5) is 0 Å². The third kappa shape index (κ3) is 1.50. The van der Waals surface area contributed by atoms with Crippen molar-refractivity contribution in [2.24, 2.45) is 17.8 Å². The number of fused-ring (bicyclic) bond motifs is 1. The number of carbonyl (C=O) groups is 1. The molecule has 1 aliphatic heterocycles. The van der Waals surface area contributed by atoms with Gasteiger partial charge in [0.15, 0.2) is 0 Å². The van der Waals surface area contributed by atoms with Crippen molar-refractivity contribution in [3.8, 4) is 6.07 Å². The zero-order valence-corrected chi connectivity index (χ0v) is 8.57. The first-order valence-corrected chi connectivity index (χ1v) is 5.40. The van der Waals surface area contributed by atoms with Crippen LogP contribution >= 0.6 is 0 Å². The van der Waals surface area contributed by atoms with Crippen LogP contribution in [0.1, 0.15) is 26.2 Å². The van der Waals surface area contributed by atoms with Gasteiger partial charge in [0.1, 0.15) is 5.92 Å². The van der Waals surface area contributed by atoms with Crippen molar-refractivity contribution in [3.63, 3.8) is 0 Å². The normalized spacial score (nSPS) is 32.4. The molecule has 76 valence electrons. The molecule has 1 aliphatic carbocycles. The van der Waals surface area contributed by atoms with Gasteiger partial charge in [0.25, 0.3) is 0 Å². The van der Waals surface area contributed by atoms with Crippen molar-refractivity contribution < 1.29 is 4.79 Å². The van der Waals surface area contributed by atoms with Crippen LogP contribution in [0.5, 0.6) is 0 Å². The number of hydrogen-bond donors (Lipinski definition) is 0. The van der Waals surface area contributed by atoms with E-state index < -0.39 is 5.92 Å². The van der Waals surface area contributed by atoms with Crippen LogP contribution in [0.3, 0.4) is 0 Å². The summed E-state index contributed by atoms with van der Waals surface area (Å²) in [6, 6.07) is 2.02. The molecule has 0 radical (unpaired) electrons. The van der Waals surface area contributed by atoms with Gasteiger partial charge in [-0.2, -0.15) is 5.26 Å². The number of likely N-dealkylation sites (tertiary alicyclic amines) is 1.